The lowest BCUT2D eigenvalue weighted by atomic mass is 9.40. The summed E-state index contributed by atoms with van der Waals surface area (Å²) in [6, 6.07) is 0. The van der Waals surface area contributed by atoms with Crippen LogP contribution < -0.4 is 0 Å². The van der Waals surface area contributed by atoms with Gasteiger partial charge in [0, 0.05) is 13.5 Å². The van der Waals surface area contributed by atoms with Gasteiger partial charge in [-0.1, -0.05) is 34.1 Å². The number of hydrogen-bond donors (Lipinski definition) is 3. The molecule has 4 fully saturated rings. The van der Waals surface area contributed by atoms with Gasteiger partial charge in [0.25, 0.3) is 0 Å². The molecule has 0 heterocycles. The van der Waals surface area contributed by atoms with E-state index in [4.69, 9.17) is 4.74 Å². The van der Waals surface area contributed by atoms with Crippen LogP contribution in [0, 0.1) is 52.3 Å². The average molecular weight is 465 g/mol. The fraction of sp³-hybridized carbons (Fsp3) is 0.964. The van der Waals surface area contributed by atoms with Crippen LogP contribution in [0.3, 0.4) is 0 Å². The zero-order chi connectivity index (χ0) is 24.1. The minimum atomic E-state index is -0.403. The Morgan fingerprint density at radius 2 is 1.85 bits per heavy atom. The predicted octanol–water partition coefficient (Wildman–Crippen LogP) is 4.56. The van der Waals surface area contributed by atoms with Crippen LogP contribution >= 0.6 is 0 Å². The summed E-state index contributed by atoms with van der Waals surface area (Å²) in [6.07, 6.45) is 7.70. The summed E-state index contributed by atoms with van der Waals surface area (Å²) in [5, 5.41) is 33.0. The van der Waals surface area contributed by atoms with E-state index in [2.05, 4.69) is 27.7 Å². The summed E-state index contributed by atoms with van der Waals surface area (Å²) < 4.78 is 5.63. The molecule has 0 unspecified atom stereocenters. The molecule has 190 valence electrons. The maximum atomic E-state index is 11.9. The van der Waals surface area contributed by atoms with Gasteiger partial charge in [0.1, 0.15) is 6.10 Å². The van der Waals surface area contributed by atoms with Gasteiger partial charge in [-0.3, -0.25) is 4.79 Å². The first-order chi connectivity index (χ1) is 15.6. The minimum absolute atomic E-state index is 0.0252. The number of fused-ring (bicyclic) bond motifs is 5. The van der Waals surface area contributed by atoms with Crippen LogP contribution in [0.25, 0.3) is 0 Å². The number of aliphatic hydroxyl groups excluding tert-OH is 3. The van der Waals surface area contributed by atoms with E-state index in [1.807, 2.05) is 0 Å². The van der Waals surface area contributed by atoms with Crippen molar-refractivity contribution in [1.29, 1.82) is 0 Å². The number of carbonyl (C=O) groups is 1. The molecule has 5 heteroatoms. The predicted molar refractivity (Wildman–Crippen MR) is 128 cm³/mol. The van der Waals surface area contributed by atoms with E-state index in [0.717, 1.165) is 51.4 Å². The van der Waals surface area contributed by atoms with Crippen molar-refractivity contribution in [2.45, 2.75) is 111 Å². The van der Waals surface area contributed by atoms with Gasteiger partial charge >= 0.3 is 5.97 Å². The Hall–Kier alpha value is -0.650. The van der Waals surface area contributed by atoms with E-state index < -0.39 is 12.2 Å². The first-order valence-corrected chi connectivity index (χ1v) is 13.7. The summed E-state index contributed by atoms with van der Waals surface area (Å²) in [5.41, 5.74) is 0.0232. The highest BCUT2D eigenvalue weighted by molar-refractivity contribution is 5.66. The molecular formula is C28H48O5. The molecule has 12 atom stereocenters. The van der Waals surface area contributed by atoms with Crippen LogP contribution in [0.2, 0.25) is 0 Å². The van der Waals surface area contributed by atoms with Crippen molar-refractivity contribution in [3.8, 4) is 0 Å². The molecule has 0 spiro atoms. The van der Waals surface area contributed by atoms with Crippen LogP contribution in [0.5, 0.6) is 0 Å². The molecule has 4 saturated carbocycles. The molecule has 0 aromatic rings. The minimum Gasteiger partial charge on any atom is -0.463 e. The van der Waals surface area contributed by atoms with Crippen molar-refractivity contribution in [3.05, 3.63) is 0 Å². The summed E-state index contributed by atoms with van der Waals surface area (Å²) in [7, 11) is 0. The molecular weight excluding hydrogens is 416 g/mol. The number of hydrogen-bond acceptors (Lipinski definition) is 5. The zero-order valence-electron chi connectivity index (χ0n) is 21.5. The second-order valence-electron chi connectivity index (χ2n) is 12.7. The second kappa shape index (κ2) is 9.43. The smallest absolute Gasteiger partial charge is 0.302 e. The van der Waals surface area contributed by atoms with Crippen molar-refractivity contribution in [1.82, 2.24) is 0 Å². The van der Waals surface area contributed by atoms with Gasteiger partial charge in [-0.2, -0.15) is 0 Å². The van der Waals surface area contributed by atoms with Crippen LogP contribution in [0.15, 0.2) is 0 Å². The van der Waals surface area contributed by atoms with E-state index in [9.17, 15) is 20.1 Å². The van der Waals surface area contributed by atoms with Gasteiger partial charge in [-0.15, -0.1) is 0 Å². The molecule has 33 heavy (non-hydrogen) atoms. The average Bonchev–Trinajstić information content (AvgIpc) is 3.09. The third-order valence-corrected chi connectivity index (χ3v) is 11.2. The molecule has 4 rings (SSSR count). The first-order valence-electron chi connectivity index (χ1n) is 13.7. The van der Waals surface area contributed by atoms with E-state index >= 15 is 0 Å². The molecule has 4 aliphatic carbocycles. The number of aliphatic hydroxyl groups is 3. The zero-order valence-corrected chi connectivity index (χ0v) is 21.5. The van der Waals surface area contributed by atoms with Crippen LogP contribution in [-0.4, -0.2) is 46.2 Å². The van der Waals surface area contributed by atoms with Crippen molar-refractivity contribution >= 4 is 5.97 Å². The summed E-state index contributed by atoms with van der Waals surface area (Å²) in [6.45, 7) is 11.0. The molecule has 0 saturated heterocycles. The van der Waals surface area contributed by atoms with Gasteiger partial charge < -0.3 is 20.1 Å². The monoisotopic (exact) mass is 464 g/mol. The maximum absolute atomic E-state index is 11.9. The van der Waals surface area contributed by atoms with Gasteiger partial charge in [0.15, 0.2) is 0 Å². The third-order valence-electron chi connectivity index (χ3n) is 11.2. The Morgan fingerprint density at radius 1 is 1.12 bits per heavy atom. The Morgan fingerprint density at radius 3 is 2.48 bits per heavy atom. The van der Waals surface area contributed by atoms with E-state index in [0.29, 0.717) is 17.8 Å². The van der Waals surface area contributed by atoms with Crippen LogP contribution in [-0.2, 0) is 9.53 Å². The van der Waals surface area contributed by atoms with Crippen molar-refractivity contribution in [3.63, 3.8) is 0 Å². The van der Waals surface area contributed by atoms with Crippen LogP contribution in [0.4, 0.5) is 0 Å². The highest BCUT2D eigenvalue weighted by Crippen LogP contribution is 2.69. The topological polar surface area (TPSA) is 87.0 Å². The van der Waals surface area contributed by atoms with E-state index in [-0.39, 0.29) is 53.2 Å². The Labute approximate surface area is 200 Å². The number of esters is 1. The molecule has 4 aliphatic rings. The number of ether oxygens (including phenoxy) is 1. The lowest BCUT2D eigenvalue weighted by Gasteiger charge is -2.66. The lowest BCUT2D eigenvalue weighted by molar-refractivity contribution is -0.237. The fourth-order valence-electron chi connectivity index (χ4n) is 9.99. The normalized spacial score (nSPS) is 50.1. The van der Waals surface area contributed by atoms with Gasteiger partial charge in [0.05, 0.1) is 12.2 Å². The second-order valence-corrected chi connectivity index (χ2v) is 12.7. The molecule has 0 bridgehead atoms. The Kier molecular flexibility index (Phi) is 7.27. The summed E-state index contributed by atoms with van der Waals surface area (Å²) in [4.78, 5) is 11.6. The van der Waals surface area contributed by atoms with Gasteiger partial charge in [-0.05, 0) is 104 Å². The Balaban J connectivity index is 1.65. The molecule has 0 aliphatic heterocycles. The SMILES string of the molecule is CC[C@H]1[C@@H](O)[C@@H]2[C@H]([C@@H](O)C[C@]3(C)[C@@H]([C@H](C)CCCO)CC[C@@H]23)[C@@]2(C)CC[C@@H](OC(C)=O)C[C@@H]12. The van der Waals surface area contributed by atoms with Gasteiger partial charge in [-0.25, -0.2) is 0 Å². The van der Waals surface area contributed by atoms with Crippen molar-refractivity contribution in [2.24, 2.45) is 52.3 Å². The Bertz CT molecular complexity index is 710. The largest absolute Gasteiger partial charge is 0.463 e. The molecule has 0 aromatic carbocycles. The molecule has 5 nitrogen and oxygen atoms in total. The van der Waals surface area contributed by atoms with E-state index in [1.165, 1.54) is 13.3 Å². The quantitative estimate of drug-likeness (QED) is 0.502. The highest BCUT2D eigenvalue weighted by atomic mass is 16.5. The summed E-state index contributed by atoms with van der Waals surface area (Å²) >= 11 is 0. The molecule has 3 N–H and O–H groups in total. The van der Waals surface area contributed by atoms with Gasteiger partial charge in [0.2, 0.25) is 0 Å². The summed E-state index contributed by atoms with van der Waals surface area (Å²) in [5.74, 6) is 2.02. The molecule has 0 radical (unpaired) electrons. The van der Waals surface area contributed by atoms with Crippen molar-refractivity contribution in [2.75, 3.05) is 6.61 Å². The lowest BCUT2D eigenvalue weighted by Crippen LogP contribution is -2.66. The standard InChI is InChI=1S/C28H48O5/c1-6-19-22-14-18(33-17(3)30)11-12-27(22,4)25-23(31)15-28(5)20(16(2)8-7-13-29)9-10-21(28)24(25)26(19)32/h16,18-26,29,31-32H,6-15H2,1-5H3/t16-,18-,19-,20-,21+,22+,23+,24+,25+,26-,27+,28-/m1/s1. The number of rotatable bonds is 6. The highest BCUT2D eigenvalue weighted by Gasteiger charge is 2.67. The number of carbonyl (C=O) groups excluding carboxylic acids is 1. The maximum Gasteiger partial charge on any atom is 0.302 e. The van der Waals surface area contributed by atoms with Crippen molar-refractivity contribution < 1.29 is 24.9 Å². The molecule has 0 aromatic heterocycles. The van der Waals surface area contributed by atoms with Crippen LogP contribution in [0.1, 0.15) is 92.4 Å². The van der Waals surface area contributed by atoms with E-state index in [1.54, 1.807) is 0 Å². The fourth-order valence-corrected chi connectivity index (χ4v) is 9.99. The third kappa shape index (κ3) is 4.08. The first kappa shape index (κ1) is 25.4. The molecule has 0 amide bonds.